The molecule has 0 spiro atoms. The molecule has 0 saturated carbocycles. The van der Waals surface area contributed by atoms with E-state index in [1.54, 1.807) is 0 Å². The number of aryl methyl sites for hydroxylation is 1. The summed E-state index contributed by atoms with van der Waals surface area (Å²) in [6.45, 7) is 6.02. The normalized spacial score (nSPS) is 26.3. The summed E-state index contributed by atoms with van der Waals surface area (Å²) in [6.07, 6.45) is 4.22. The van der Waals surface area contributed by atoms with Crippen LogP contribution in [0.25, 0.3) is 0 Å². The first-order valence-corrected chi connectivity index (χ1v) is 6.37. The van der Waals surface area contributed by atoms with Crippen molar-refractivity contribution >= 4 is 0 Å². The van der Waals surface area contributed by atoms with Crippen molar-refractivity contribution in [3.63, 3.8) is 0 Å². The third kappa shape index (κ3) is 2.51. The summed E-state index contributed by atoms with van der Waals surface area (Å²) in [4.78, 5) is 0. The summed E-state index contributed by atoms with van der Waals surface area (Å²) < 4.78 is 7.66. The van der Waals surface area contributed by atoms with E-state index in [-0.39, 0.29) is 12.1 Å². The Kier molecular flexibility index (Phi) is 4.15. The van der Waals surface area contributed by atoms with Gasteiger partial charge in [0.15, 0.2) is 0 Å². The van der Waals surface area contributed by atoms with Gasteiger partial charge in [-0.05, 0) is 25.8 Å². The molecule has 5 nitrogen and oxygen atoms in total. The Labute approximate surface area is 102 Å². The lowest BCUT2D eigenvalue weighted by Crippen LogP contribution is -2.37. The number of nitrogens with two attached hydrogens (primary N) is 1. The molecule has 0 aliphatic carbocycles. The molecule has 1 aromatic heterocycles. The highest BCUT2D eigenvalue weighted by atomic mass is 16.5. The SMILES string of the molecule is CCCn1nccc1C(NN)C1CCOC1C. The minimum Gasteiger partial charge on any atom is -0.378 e. The quantitative estimate of drug-likeness (QED) is 0.598. The first-order chi connectivity index (χ1) is 8.27. The van der Waals surface area contributed by atoms with Crippen molar-refractivity contribution in [3.8, 4) is 0 Å². The zero-order valence-corrected chi connectivity index (χ0v) is 10.6. The Morgan fingerprint density at radius 3 is 3.12 bits per heavy atom. The van der Waals surface area contributed by atoms with Crippen LogP contribution in [0.15, 0.2) is 12.3 Å². The van der Waals surface area contributed by atoms with E-state index < -0.39 is 0 Å². The van der Waals surface area contributed by atoms with Gasteiger partial charge in [0, 0.05) is 25.3 Å². The molecule has 96 valence electrons. The van der Waals surface area contributed by atoms with E-state index in [0.29, 0.717) is 5.92 Å². The van der Waals surface area contributed by atoms with Crippen molar-refractivity contribution < 1.29 is 4.74 Å². The lowest BCUT2D eigenvalue weighted by atomic mass is 9.91. The lowest BCUT2D eigenvalue weighted by Gasteiger charge is -2.25. The van der Waals surface area contributed by atoms with E-state index in [2.05, 4.69) is 24.4 Å². The number of hydrazine groups is 1. The maximum absolute atomic E-state index is 5.72. The van der Waals surface area contributed by atoms with Crippen molar-refractivity contribution in [3.05, 3.63) is 18.0 Å². The van der Waals surface area contributed by atoms with Crippen LogP contribution in [0, 0.1) is 5.92 Å². The topological polar surface area (TPSA) is 65.1 Å². The van der Waals surface area contributed by atoms with Crippen molar-refractivity contribution in [1.29, 1.82) is 0 Å². The second-order valence-corrected chi connectivity index (χ2v) is 4.65. The van der Waals surface area contributed by atoms with E-state index in [9.17, 15) is 0 Å². The second-order valence-electron chi connectivity index (χ2n) is 4.65. The first kappa shape index (κ1) is 12.5. The van der Waals surface area contributed by atoms with Crippen LogP contribution in [-0.2, 0) is 11.3 Å². The summed E-state index contributed by atoms with van der Waals surface area (Å²) in [5, 5.41) is 4.35. The Hall–Kier alpha value is -0.910. The minimum absolute atomic E-state index is 0.126. The average molecular weight is 238 g/mol. The number of hydrogen-bond acceptors (Lipinski definition) is 4. The molecule has 17 heavy (non-hydrogen) atoms. The van der Waals surface area contributed by atoms with Crippen molar-refractivity contribution in [2.45, 2.75) is 45.4 Å². The van der Waals surface area contributed by atoms with Gasteiger partial charge in [-0.15, -0.1) is 0 Å². The number of hydrogen-bond donors (Lipinski definition) is 2. The predicted octanol–water partition coefficient (Wildman–Crippen LogP) is 1.22. The van der Waals surface area contributed by atoms with Crippen LogP contribution in [0.5, 0.6) is 0 Å². The van der Waals surface area contributed by atoms with Gasteiger partial charge in [-0.3, -0.25) is 16.0 Å². The maximum atomic E-state index is 5.72. The van der Waals surface area contributed by atoms with Crippen LogP contribution in [-0.4, -0.2) is 22.5 Å². The second kappa shape index (κ2) is 5.62. The van der Waals surface area contributed by atoms with E-state index in [1.807, 2.05) is 16.9 Å². The zero-order valence-electron chi connectivity index (χ0n) is 10.6. The number of ether oxygens (including phenoxy) is 1. The summed E-state index contributed by atoms with van der Waals surface area (Å²) in [5.74, 6) is 6.15. The smallest absolute Gasteiger partial charge is 0.0682 e. The molecule has 0 radical (unpaired) electrons. The standard InChI is InChI=1S/C12H22N4O/c1-3-7-16-11(4-6-14-16)12(15-13)10-5-8-17-9(10)2/h4,6,9-10,12,15H,3,5,7-8,13H2,1-2H3. The van der Waals surface area contributed by atoms with Crippen molar-refractivity contribution in [2.75, 3.05) is 6.61 Å². The molecule has 3 N–H and O–H groups in total. The Morgan fingerprint density at radius 1 is 1.71 bits per heavy atom. The van der Waals surface area contributed by atoms with Gasteiger partial charge in [-0.2, -0.15) is 5.10 Å². The predicted molar refractivity (Wildman–Crippen MR) is 66.1 cm³/mol. The van der Waals surface area contributed by atoms with Crippen molar-refractivity contribution in [1.82, 2.24) is 15.2 Å². The monoisotopic (exact) mass is 238 g/mol. The Morgan fingerprint density at radius 2 is 2.53 bits per heavy atom. The third-order valence-corrected chi connectivity index (χ3v) is 3.55. The largest absolute Gasteiger partial charge is 0.378 e. The Balaban J connectivity index is 2.19. The van der Waals surface area contributed by atoms with Gasteiger partial charge in [0.2, 0.25) is 0 Å². The fourth-order valence-corrected chi connectivity index (χ4v) is 2.62. The number of nitrogens with zero attached hydrogens (tertiary/aromatic N) is 2. The molecular formula is C12H22N4O. The van der Waals surface area contributed by atoms with Gasteiger partial charge in [0.1, 0.15) is 0 Å². The van der Waals surface area contributed by atoms with E-state index in [1.165, 1.54) is 0 Å². The summed E-state index contributed by atoms with van der Waals surface area (Å²) >= 11 is 0. The highest BCUT2D eigenvalue weighted by molar-refractivity contribution is 5.09. The van der Waals surface area contributed by atoms with Crippen LogP contribution in [0.4, 0.5) is 0 Å². The molecule has 3 unspecified atom stereocenters. The fourth-order valence-electron chi connectivity index (χ4n) is 2.62. The average Bonchev–Trinajstić information content (AvgIpc) is 2.92. The maximum Gasteiger partial charge on any atom is 0.0682 e. The third-order valence-electron chi connectivity index (χ3n) is 3.55. The summed E-state index contributed by atoms with van der Waals surface area (Å²) in [5.41, 5.74) is 4.10. The van der Waals surface area contributed by atoms with E-state index >= 15 is 0 Å². The van der Waals surface area contributed by atoms with Gasteiger partial charge in [0.05, 0.1) is 17.8 Å². The fraction of sp³-hybridized carbons (Fsp3) is 0.750. The number of aromatic nitrogens is 2. The molecule has 1 aliphatic rings. The molecular weight excluding hydrogens is 216 g/mol. The molecule has 1 aromatic rings. The molecule has 2 heterocycles. The molecule has 0 bridgehead atoms. The molecule has 5 heteroatoms. The van der Waals surface area contributed by atoms with Crippen LogP contribution in [0.1, 0.15) is 38.4 Å². The number of rotatable bonds is 5. The molecule has 0 amide bonds. The van der Waals surface area contributed by atoms with Crippen LogP contribution in [0.3, 0.4) is 0 Å². The molecule has 0 aromatic carbocycles. The van der Waals surface area contributed by atoms with Gasteiger partial charge in [0.25, 0.3) is 0 Å². The van der Waals surface area contributed by atoms with Crippen LogP contribution >= 0.6 is 0 Å². The molecule has 3 atom stereocenters. The summed E-state index contributed by atoms with van der Waals surface area (Å²) in [6, 6.07) is 2.17. The molecule has 2 rings (SSSR count). The number of nitrogens with one attached hydrogen (secondary N) is 1. The van der Waals surface area contributed by atoms with E-state index in [0.717, 1.165) is 31.7 Å². The summed E-state index contributed by atoms with van der Waals surface area (Å²) in [7, 11) is 0. The molecule has 1 saturated heterocycles. The first-order valence-electron chi connectivity index (χ1n) is 6.37. The van der Waals surface area contributed by atoms with Gasteiger partial charge >= 0.3 is 0 Å². The van der Waals surface area contributed by atoms with Crippen LogP contribution < -0.4 is 11.3 Å². The van der Waals surface area contributed by atoms with Gasteiger partial charge in [-0.1, -0.05) is 6.92 Å². The van der Waals surface area contributed by atoms with Crippen molar-refractivity contribution in [2.24, 2.45) is 11.8 Å². The zero-order chi connectivity index (χ0) is 12.3. The lowest BCUT2D eigenvalue weighted by molar-refractivity contribution is 0.0942. The van der Waals surface area contributed by atoms with Crippen LogP contribution in [0.2, 0.25) is 0 Å². The van der Waals surface area contributed by atoms with Gasteiger partial charge < -0.3 is 4.74 Å². The van der Waals surface area contributed by atoms with Gasteiger partial charge in [-0.25, -0.2) is 0 Å². The molecule has 1 aliphatic heterocycles. The minimum atomic E-state index is 0.126. The van der Waals surface area contributed by atoms with E-state index in [4.69, 9.17) is 10.6 Å². The Bertz CT molecular complexity index is 352. The molecule has 1 fully saturated rings. The highest BCUT2D eigenvalue weighted by Crippen LogP contribution is 2.32. The highest BCUT2D eigenvalue weighted by Gasteiger charge is 2.33.